The molecule has 0 aromatic heterocycles. The van der Waals surface area contributed by atoms with Gasteiger partial charge in [-0.05, 0) is 25.8 Å². The number of hydrogen-bond donors (Lipinski definition) is 1. The molecule has 1 nitrogen and oxygen atoms in total. The molecule has 0 amide bonds. The Morgan fingerprint density at radius 2 is 2.25 bits per heavy atom. The average molecular weight is 112 g/mol. The van der Waals surface area contributed by atoms with Gasteiger partial charge in [0.15, 0.2) is 0 Å². The van der Waals surface area contributed by atoms with Crippen LogP contribution in [-0.2, 0) is 0 Å². The molecule has 0 saturated heterocycles. The van der Waals surface area contributed by atoms with E-state index in [9.17, 15) is 0 Å². The van der Waals surface area contributed by atoms with Crippen molar-refractivity contribution in [3.05, 3.63) is 6.04 Å². The highest BCUT2D eigenvalue weighted by Crippen LogP contribution is 2.27. The molecule has 0 aliphatic heterocycles. The minimum Gasteiger partial charge on any atom is -0.309 e. The molecule has 0 atom stereocenters. The highest BCUT2D eigenvalue weighted by Gasteiger charge is 2.20. The zero-order valence-electron chi connectivity index (χ0n) is 5.54. The fourth-order valence-corrected chi connectivity index (χ4v) is 0.681. The normalized spacial score (nSPS) is 19.1. The largest absolute Gasteiger partial charge is 0.309 e. The lowest BCUT2D eigenvalue weighted by Crippen LogP contribution is -2.11. The Bertz CT molecular complexity index is 57.4. The van der Waals surface area contributed by atoms with Crippen molar-refractivity contribution in [2.45, 2.75) is 32.6 Å². The standard InChI is InChI=1S/C7H14N/c1-2-3-6-8-7-4-5-7/h8H,2-6H2,1H3. The van der Waals surface area contributed by atoms with Crippen molar-refractivity contribution in [2.24, 2.45) is 0 Å². The Labute approximate surface area is 51.5 Å². The van der Waals surface area contributed by atoms with Crippen LogP contribution in [0.1, 0.15) is 32.6 Å². The fraction of sp³-hybridized carbons (Fsp3) is 0.857. The van der Waals surface area contributed by atoms with Gasteiger partial charge in [0, 0.05) is 6.04 Å². The summed E-state index contributed by atoms with van der Waals surface area (Å²) in [5, 5.41) is 3.37. The number of hydrogen-bond acceptors (Lipinski definition) is 1. The van der Waals surface area contributed by atoms with Crippen LogP contribution < -0.4 is 5.32 Å². The molecular weight excluding hydrogens is 98.1 g/mol. The minimum atomic E-state index is 1.20. The van der Waals surface area contributed by atoms with Gasteiger partial charge >= 0.3 is 0 Å². The molecule has 0 aromatic rings. The molecule has 0 aromatic carbocycles. The third-order valence-electron chi connectivity index (χ3n) is 1.41. The molecule has 0 heterocycles. The molecule has 8 heavy (non-hydrogen) atoms. The van der Waals surface area contributed by atoms with Gasteiger partial charge in [-0.25, -0.2) is 0 Å². The molecule has 1 saturated carbocycles. The molecule has 1 aliphatic carbocycles. The first kappa shape index (κ1) is 6.09. The van der Waals surface area contributed by atoms with Crippen LogP contribution in [0, 0.1) is 6.04 Å². The number of nitrogens with one attached hydrogen (secondary N) is 1. The van der Waals surface area contributed by atoms with Gasteiger partial charge in [-0.1, -0.05) is 13.3 Å². The van der Waals surface area contributed by atoms with Crippen molar-refractivity contribution in [1.82, 2.24) is 5.32 Å². The first-order valence-electron chi connectivity index (χ1n) is 3.52. The quantitative estimate of drug-likeness (QED) is 0.546. The van der Waals surface area contributed by atoms with Crippen molar-refractivity contribution in [3.8, 4) is 0 Å². The molecule has 0 unspecified atom stereocenters. The first-order valence-corrected chi connectivity index (χ1v) is 3.52. The SMILES string of the molecule is CCCCN[C]1CC1. The van der Waals surface area contributed by atoms with Crippen LogP contribution in [0.15, 0.2) is 0 Å². The molecule has 0 spiro atoms. The van der Waals surface area contributed by atoms with Crippen LogP contribution in [0.4, 0.5) is 0 Å². The average Bonchev–Trinajstić information content (AvgIpc) is 2.51. The molecule has 47 valence electrons. The van der Waals surface area contributed by atoms with Crippen molar-refractivity contribution < 1.29 is 0 Å². The van der Waals surface area contributed by atoms with E-state index < -0.39 is 0 Å². The Hall–Kier alpha value is -0.0400. The van der Waals surface area contributed by atoms with E-state index in [1.807, 2.05) is 0 Å². The summed E-state index contributed by atoms with van der Waals surface area (Å²) in [5.41, 5.74) is 0. The predicted molar refractivity (Wildman–Crippen MR) is 35.4 cm³/mol. The molecule has 1 aliphatic rings. The summed E-state index contributed by atoms with van der Waals surface area (Å²) in [6.45, 7) is 3.42. The second-order valence-corrected chi connectivity index (χ2v) is 2.38. The van der Waals surface area contributed by atoms with E-state index in [0.717, 1.165) is 0 Å². The van der Waals surface area contributed by atoms with Gasteiger partial charge in [0.2, 0.25) is 0 Å². The van der Waals surface area contributed by atoms with Gasteiger partial charge in [0.1, 0.15) is 0 Å². The van der Waals surface area contributed by atoms with Gasteiger partial charge in [-0.2, -0.15) is 0 Å². The second kappa shape index (κ2) is 3.08. The lowest BCUT2D eigenvalue weighted by Gasteiger charge is -1.96. The topological polar surface area (TPSA) is 12.0 Å². The van der Waals surface area contributed by atoms with E-state index in [-0.39, 0.29) is 0 Å². The predicted octanol–water partition coefficient (Wildman–Crippen LogP) is 1.70. The van der Waals surface area contributed by atoms with Crippen LogP contribution in [0.3, 0.4) is 0 Å². The highest BCUT2D eigenvalue weighted by atomic mass is 14.9. The summed E-state index contributed by atoms with van der Waals surface area (Å²) in [6, 6.07) is 1.57. The summed E-state index contributed by atoms with van der Waals surface area (Å²) < 4.78 is 0. The van der Waals surface area contributed by atoms with E-state index in [0.29, 0.717) is 0 Å². The van der Waals surface area contributed by atoms with Gasteiger partial charge < -0.3 is 5.32 Å². The molecule has 1 radical (unpaired) electrons. The molecular formula is C7H14N. The van der Waals surface area contributed by atoms with Crippen molar-refractivity contribution >= 4 is 0 Å². The van der Waals surface area contributed by atoms with Crippen molar-refractivity contribution in [1.29, 1.82) is 0 Å². The maximum Gasteiger partial charge on any atom is 0.0365 e. The zero-order chi connectivity index (χ0) is 5.82. The van der Waals surface area contributed by atoms with Gasteiger partial charge in [-0.15, -0.1) is 0 Å². The van der Waals surface area contributed by atoms with Crippen LogP contribution in [0.5, 0.6) is 0 Å². The Morgan fingerprint density at radius 1 is 1.50 bits per heavy atom. The lowest BCUT2D eigenvalue weighted by atomic mass is 10.3. The summed E-state index contributed by atoms with van der Waals surface area (Å²) in [5.74, 6) is 0. The fourth-order valence-electron chi connectivity index (χ4n) is 0.681. The summed E-state index contributed by atoms with van der Waals surface area (Å²) in [4.78, 5) is 0. The molecule has 1 heteroatoms. The number of rotatable bonds is 4. The van der Waals surface area contributed by atoms with E-state index >= 15 is 0 Å². The second-order valence-electron chi connectivity index (χ2n) is 2.38. The maximum absolute atomic E-state index is 3.37. The summed E-state index contributed by atoms with van der Waals surface area (Å²) in [6.07, 6.45) is 5.30. The Morgan fingerprint density at radius 3 is 2.75 bits per heavy atom. The molecule has 1 rings (SSSR count). The van der Waals surface area contributed by atoms with Crippen molar-refractivity contribution in [2.75, 3.05) is 6.54 Å². The third-order valence-corrected chi connectivity index (χ3v) is 1.41. The van der Waals surface area contributed by atoms with Gasteiger partial charge in [-0.3, -0.25) is 0 Å². The Balaban J connectivity index is 1.74. The van der Waals surface area contributed by atoms with E-state index in [1.54, 1.807) is 6.04 Å². The molecule has 1 fully saturated rings. The summed E-state index contributed by atoms with van der Waals surface area (Å²) in [7, 11) is 0. The van der Waals surface area contributed by atoms with E-state index in [1.165, 1.54) is 32.2 Å². The summed E-state index contributed by atoms with van der Waals surface area (Å²) >= 11 is 0. The third kappa shape index (κ3) is 2.31. The van der Waals surface area contributed by atoms with Crippen molar-refractivity contribution in [3.63, 3.8) is 0 Å². The van der Waals surface area contributed by atoms with E-state index in [2.05, 4.69) is 12.2 Å². The van der Waals surface area contributed by atoms with Crippen LogP contribution in [0.2, 0.25) is 0 Å². The number of unbranched alkanes of at least 4 members (excludes halogenated alkanes) is 1. The van der Waals surface area contributed by atoms with E-state index in [4.69, 9.17) is 0 Å². The van der Waals surface area contributed by atoms with Crippen LogP contribution in [0.25, 0.3) is 0 Å². The van der Waals surface area contributed by atoms with Crippen LogP contribution in [-0.4, -0.2) is 6.54 Å². The van der Waals surface area contributed by atoms with Gasteiger partial charge in [0.25, 0.3) is 0 Å². The smallest absolute Gasteiger partial charge is 0.0365 e. The van der Waals surface area contributed by atoms with Crippen LogP contribution >= 0.6 is 0 Å². The maximum atomic E-state index is 3.37. The monoisotopic (exact) mass is 112 g/mol. The lowest BCUT2D eigenvalue weighted by molar-refractivity contribution is 0.695. The Kier molecular flexibility index (Phi) is 2.34. The minimum absolute atomic E-state index is 1.20. The first-order chi connectivity index (χ1) is 3.93. The zero-order valence-corrected chi connectivity index (χ0v) is 5.54. The van der Waals surface area contributed by atoms with Gasteiger partial charge in [0.05, 0.1) is 0 Å². The highest BCUT2D eigenvalue weighted by molar-refractivity contribution is 5.01. The molecule has 0 bridgehead atoms. The molecule has 1 N–H and O–H groups in total.